The van der Waals surface area contributed by atoms with E-state index in [0.29, 0.717) is 34.9 Å². The van der Waals surface area contributed by atoms with Crippen LogP contribution in [0.3, 0.4) is 0 Å². The predicted octanol–water partition coefficient (Wildman–Crippen LogP) is 3.95. The van der Waals surface area contributed by atoms with Gasteiger partial charge in [0, 0.05) is 5.02 Å². The summed E-state index contributed by atoms with van der Waals surface area (Å²) in [7, 11) is 0. The van der Waals surface area contributed by atoms with Crippen molar-refractivity contribution in [3.63, 3.8) is 0 Å². The highest BCUT2D eigenvalue weighted by Crippen LogP contribution is 2.25. The van der Waals surface area contributed by atoms with E-state index < -0.39 is 16.8 Å². The Labute approximate surface area is 176 Å². The van der Waals surface area contributed by atoms with E-state index in [1.54, 1.807) is 38.4 Å². The molecular weight excluding hydrogens is 415 g/mol. The summed E-state index contributed by atoms with van der Waals surface area (Å²) in [6, 6.07) is 4.68. The number of nitro groups is 1. The third-order valence-corrected chi connectivity index (χ3v) is 5.16. The van der Waals surface area contributed by atoms with Gasteiger partial charge in [-0.1, -0.05) is 17.7 Å². The molecule has 0 saturated carbocycles. The summed E-state index contributed by atoms with van der Waals surface area (Å²) >= 11 is 6.10. The van der Waals surface area contributed by atoms with Gasteiger partial charge in [0.25, 0.3) is 5.91 Å². The maximum atomic E-state index is 13.3. The largest absolute Gasteiger partial charge is 0.390 e. The van der Waals surface area contributed by atoms with E-state index in [1.165, 1.54) is 22.9 Å². The van der Waals surface area contributed by atoms with Crippen LogP contribution in [0.5, 0.6) is 0 Å². The number of nitrogens with one attached hydrogen (secondary N) is 1. The zero-order chi connectivity index (χ0) is 22.2. The van der Waals surface area contributed by atoms with Gasteiger partial charge in [0.15, 0.2) is 0 Å². The van der Waals surface area contributed by atoms with Crippen LogP contribution in [-0.4, -0.2) is 30.4 Å². The van der Waals surface area contributed by atoms with Gasteiger partial charge in [0.1, 0.15) is 11.9 Å². The van der Waals surface area contributed by atoms with Crippen molar-refractivity contribution in [2.45, 2.75) is 40.3 Å². The molecule has 1 atom stereocenters. The summed E-state index contributed by atoms with van der Waals surface area (Å²) in [6.45, 7) is 7.10. The molecule has 1 unspecified atom stereocenters. The minimum absolute atomic E-state index is 0.289. The van der Waals surface area contributed by atoms with Crippen LogP contribution in [0.25, 0.3) is 0 Å². The number of benzene rings is 1. The third-order valence-electron chi connectivity index (χ3n) is 4.81. The Bertz CT molecular complexity index is 1140. The van der Waals surface area contributed by atoms with Crippen LogP contribution < -0.4 is 5.32 Å². The number of hydrogen-bond acceptors (Lipinski definition) is 5. The second-order valence-electron chi connectivity index (χ2n) is 6.95. The topological polar surface area (TPSA) is 108 Å². The number of halogens is 2. The third kappa shape index (κ3) is 4.18. The molecule has 0 radical (unpaired) electrons. The Morgan fingerprint density at radius 1 is 1.30 bits per heavy atom. The van der Waals surface area contributed by atoms with Crippen molar-refractivity contribution in [3.05, 3.63) is 67.9 Å². The molecule has 2 aromatic heterocycles. The van der Waals surface area contributed by atoms with Crippen molar-refractivity contribution in [2.24, 2.45) is 0 Å². The highest BCUT2D eigenvalue weighted by Gasteiger charge is 2.26. The SMILES string of the molecule is Cc1nn(Cc2ccc(F)cc2Cl)c(C)c1NC(=O)C(C)n1nc([N+](=O)[O-])cc1C. The number of hydrogen-bond donors (Lipinski definition) is 1. The zero-order valence-corrected chi connectivity index (χ0v) is 17.6. The van der Waals surface area contributed by atoms with E-state index in [9.17, 15) is 19.3 Å². The fourth-order valence-electron chi connectivity index (χ4n) is 3.13. The maximum Gasteiger partial charge on any atom is 0.390 e. The molecule has 0 fully saturated rings. The van der Waals surface area contributed by atoms with Gasteiger partial charge in [-0.25, -0.2) is 4.39 Å². The number of aromatic nitrogens is 4. The second-order valence-corrected chi connectivity index (χ2v) is 7.36. The van der Waals surface area contributed by atoms with E-state index in [-0.39, 0.29) is 16.7 Å². The van der Waals surface area contributed by atoms with Crippen LogP contribution in [0.1, 0.15) is 35.6 Å². The monoisotopic (exact) mass is 434 g/mol. The molecule has 0 spiro atoms. The fourth-order valence-corrected chi connectivity index (χ4v) is 3.36. The summed E-state index contributed by atoms with van der Waals surface area (Å²) in [4.78, 5) is 23.1. The Morgan fingerprint density at radius 2 is 2.00 bits per heavy atom. The number of carbonyl (C=O) groups excluding carboxylic acids is 1. The predicted molar refractivity (Wildman–Crippen MR) is 109 cm³/mol. The smallest absolute Gasteiger partial charge is 0.358 e. The van der Waals surface area contributed by atoms with Gasteiger partial charge in [0.05, 0.1) is 40.5 Å². The zero-order valence-electron chi connectivity index (χ0n) is 16.8. The Hall–Kier alpha value is -3.27. The molecule has 1 N–H and O–H groups in total. The lowest BCUT2D eigenvalue weighted by Gasteiger charge is -2.12. The molecule has 11 heteroatoms. The normalized spacial score (nSPS) is 12.1. The first-order valence-electron chi connectivity index (χ1n) is 9.07. The lowest BCUT2D eigenvalue weighted by atomic mass is 10.2. The summed E-state index contributed by atoms with van der Waals surface area (Å²) in [5.41, 5.74) is 3.00. The number of rotatable bonds is 6. The van der Waals surface area contributed by atoms with E-state index >= 15 is 0 Å². The molecule has 3 rings (SSSR count). The van der Waals surface area contributed by atoms with Gasteiger partial charge in [-0.3, -0.25) is 9.48 Å². The van der Waals surface area contributed by atoms with Gasteiger partial charge in [0.2, 0.25) is 0 Å². The summed E-state index contributed by atoms with van der Waals surface area (Å²) in [5.74, 6) is -1.13. The lowest BCUT2D eigenvalue weighted by Crippen LogP contribution is -2.25. The van der Waals surface area contributed by atoms with Gasteiger partial charge >= 0.3 is 5.82 Å². The number of aryl methyl sites for hydroxylation is 2. The first-order valence-corrected chi connectivity index (χ1v) is 9.45. The van der Waals surface area contributed by atoms with Crippen LogP contribution in [-0.2, 0) is 11.3 Å². The Balaban J connectivity index is 1.81. The van der Waals surface area contributed by atoms with Crippen molar-refractivity contribution >= 4 is 29.0 Å². The first kappa shape index (κ1) is 21.4. The Morgan fingerprint density at radius 3 is 2.60 bits per heavy atom. The number of carbonyl (C=O) groups is 1. The van der Waals surface area contributed by atoms with Crippen molar-refractivity contribution in [2.75, 3.05) is 5.32 Å². The molecule has 0 aliphatic rings. The van der Waals surface area contributed by atoms with Crippen molar-refractivity contribution in [3.8, 4) is 0 Å². The minimum atomic E-state index is -0.771. The van der Waals surface area contributed by atoms with Gasteiger partial charge in [-0.2, -0.15) is 9.78 Å². The van der Waals surface area contributed by atoms with Crippen LogP contribution in [0.15, 0.2) is 24.3 Å². The van der Waals surface area contributed by atoms with Crippen molar-refractivity contribution in [1.29, 1.82) is 0 Å². The van der Waals surface area contributed by atoms with Crippen molar-refractivity contribution < 1.29 is 14.1 Å². The fraction of sp³-hybridized carbons (Fsp3) is 0.316. The molecule has 9 nitrogen and oxygen atoms in total. The van der Waals surface area contributed by atoms with Crippen LogP contribution in [0.2, 0.25) is 5.02 Å². The number of amides is 1. The summed E-state index contributed by atoms with van der Waals surface area (Å²) in [5, 5.41) is 22.4. The van der Waals surface area contributed by atoms with E-state index in [2.05, 4.69) is 15.5 Å². The Kier molecular flexibility index (Phi) is 5.88. The summed E-state index contributed by atoms with van der Waals surface area (Å²) in [6.07, 6.45) is 0. The molecule has 0 aliphatic carbocycles. The molecule has 30 heavy (non-hydrogen) atoms. The van der Waals surface area contributed by atoms with E-state index in [0.717, 1.165) is 0 Å². The first-order chi connectivity index (χ1) is 14.1. The van der Waals surface area contributed by atoms with Crippen molar-refractivity contribution in [1.82, 2.24) is 19.6 Å². The van der Waals surface area contributed by atoms with Gasteiger partial charge < -0.3 is 15.4 Å². The lowest BCUT2D eigenvalue weighted by molar-refractivity contribution is -0.389. The van der Waals surface area contributed by atoms with E-state index in [4.69, 9.17) is 11.6 Å². The van der Waals surface area contributed by atoms with Crippen LogP contribution in [0.4, 0.5) is 15.9 Å². The number of anilines is 1. The molecule has 2 heterocycles. The minimum Gasteiger partial charge on any atom is -0.358 e. The molecule has 1 aromatic carbocycles. The number of nitrogens with zero attached hydrogens (tertiary/aromatic N) is 5. The average Bonchev–Trinajstić information content (AvgIpc) is 3.18. The highest BCUT2D eigenvalue weighted by atomic mass is 35.5. The quantitative estimate of drug-likeness (QED) is 0.466. The highest BCUT2D eigenvalue weighted by molar-refractivity contribution is 6.31. The van der Waals surface area contributed by atoms with E-state index in [1.807, 2.05) is 0 Å². The van der Waals surface area contributed by atoms with Crippen LogP contribution >= 0.6 is 11.6 Å². The molecule has 3 aromatic rings. The molecule has 158 valence electrons. The van der Waals surface area contributed by atoms with Gasteiger partial charge in [-0.05, 0) is 50.3 Å². The average molecular weight is 435 g/mol. The van der Waals surface area contributed by atoms with Gasteiger partial charge in [-0.15, -0.1) is 0 Å². The summed E-state index contributed by atoms with van der Waals surface area (Å²) < 4.78 is 16.2. The maximum absolute atomic E-state index is 13.3. The second kappa shape index (κ2) is 8.23. The molecule has 1 amide bonds. The molecule has 0 bridgehead atoms. The molecule has 0 saturated heterocycles. The standard InChI is InChI=1S/C19H20ClFN6O3/c1-10-7-17(27(29)30)24-26(10)13(4)19(28)22-18-11(2)23-25(12(18)3)9-14-5-6-15(21)8-16(14)20/h5-8,13H,9H2,1-4H3,(H,22,28). The molecular formula is C19H20ClFN6O3. The molecule has 0 aliphatic heterocycles. The van der Waals surface area contributed by atoms with Crippen LogP contribution in [0, 0.1) is 36.7 Å².